The molecule has 0 saturated heterocycles. The van der Waals surface area contributed by atoms with E-state index in [1.165, 1.54) is 19.2 Å². The second-order valence-electron chi connectivity index (χ2n) is 3.87. The Bertz CT molecular complexity index is 543. The van der Waals surface area contributed by atoms with Crippen molar-refractivity contribution in [1.29, 1.82) is 0 Å². The Balaban J connectivity index is 2.06. The Hall–Kier alpha value is -2.23. The van der Waals surface area contributed by atoms with E-state index in [9.17, 15) is 9.50 Å². The number of phenolic OH excluding ortho intramolecular Hbond substituents is 1. The fourth-order valence-electron chi connectivity index (χ4n) is 1.63. The molecule has 2 rings (SSSR count). The van der Waals surface area contributed by atoms with Gasteiger partial charge in [-0.15, -0.1) is 0 Å². The SMILES string of the molecule is COc1cc(CNc2cccc(F)c2)ccc1O. The highest BCUT2D eigenvalue weighted by atomic mass is 19.1. The molecule has 0 bridgehead atoms. The number of aromatic hydroxyl groups is 1. The van der Waals surface area contributed by atoms with Crippen molar-refractivity contribution < 1.29 is 14.2 Å². The number of ether oxygens (including phenoxy) is 1. The normalized spacial score (nSPS) is 10.1. The van der Waals surface area contributed by atoms with Crippen LogP contribution in [-0.4, -0.2) is 12.2 Å². The van der Waals surface area contributed by atoms with Crippen molar-refractivity contribution in [2.24, 2.45) is 0 Å². The van der Waals surface area contributed by atoms with Crippen LogP contribution in [0.2, 0.25) is 0 Å². The highest BCUT2D eigenvalue weighted by Crippen LogP contribution is 2.26. The van der Waals surface area contributed by atoms with Crippen molar-refractivity contribution in [2.45, 2.75) is 6.54 Å². The first-order chi connectivity index (χ1) is 8.69. The number of hydrogen-bond donors (Lipinski definition) is 2. The van der Waals surface area contributed by atoms with Crippen LogP contribution in [0.25, 0.3) is 0 Å². The van der Waals surface area contributed by atoms with E-state index in [1.54, 1.807) is 30.3 Å². The highest BCUT2D eigenvalue weighted by molar-refractivity contribution is 5.46. The summed E-state index contributed by atoms with van der Waals surface area (Å²) in [7, 11) is 1.50. The molecule has 0 fully saturated rings. The second-order valence-corrected chi connectivity index (χ2v) is 3.87. The first kappa shape index (κ1) is 12.2. The van der Waals surface area contributed by atoms with Gasteiger partial charge in [0.2, 0.25) is 0 Å². The molecule has 2 N–H and O–H groups in total. The van der Waals surface area contributed by atoms with Crippen LogP contribution >= 0.6 is 0 Å². The molecule has 3 nitrogen and oxygen atoms in total. The van der Waals surface area contributed by atoms with E-state index in [0.717, 1.165) is 5.56 Å². The maximum absolute atomic E-state index is 13.0. The van der Waals surface area contributed by atoms with Crippen molar-refractivity contribution in [3.63, 3.8) is 0 Å². The lowest BCUT2D eigenvalue weighted by atomic mass is 10.2. The average molecular weight is 247 g/mol. The lowest BCUT2D eigenvalue weighted by Gasteiger charge is -2.09. The Morgan fingerprint density at radius 3 is 2.78 bits per heavy atom. The summed E-state index contributed by atoms with van der Waals surface area (Å²) in [5.74, 6) is 0.254. The Kier molecular flexibility index (Phi) is 3.67. The van der Waals surface area contributed by atoms with Crippen LogP contribution in [0.15, 0.2) is 42.5 Å². The maximum atomic E-state index is 13.0. The Labute approximate surface area is 105 Å². The predicted octanol–water partition coefficient (Wildman–Crippen LogP) is 3.15. The summed E-state index contributed by atoms with van der Waals surface area (Å²) in [6.07, 6.45) is 0. The van der Waals surface area contributed by atoms with Crippen LogP contribution in [0, 0.1) is 5.82 Å². The first-order valence-corrected chi connectivity index (χ1v) is 5.54. The van der Waals surface area contributed by atoms with Gasteiger partial charge in [-0.2, -0.15) is 0 Å². The molecule has 0 aliphatic rings. The molecule has 2 aromatic rings. The van der Waals surface area contributed by atoms with Crippen LogP contribution in [0.1, 0.15) is 5.56 Å². The van der Waals surface area contributed by atoms with Gasteiger partial charge in [0, 0.05) is 12.2 Å². The third kappa shape index (κ3) is 2.91. The fourth-order valence-corrected chi connectivity index (χ4v) is 1.63. The van der Waals surface area contributed by atoms with Crippen LogP contribution < -0.4 is 10.1 Å². The summed E-state index contributed by atoms with van der Waals surface area (Å²) >= 11 is 0. The van der Waals surface area contributed by atoms with Crippen LogP contribution in [-0.2, 0) is 6.54 Å². The molecule has 0 saturated carbocycles. The van der Waals surface area contributed by atoms with Gasteiger partial charge < -0.3 is 15.2 Å². The molecule has 0 radical (unpaired) electrons. The fraction of sp³-hybridized carbons (Fsp3) is 0.143. The molecule has 0 aliphatic heterocycles. The smallest absolute Gasteiger partial charge is 0.160 e. The van der Waals surface area contributed by atoms with E-state index in [4.69, 9.17) is 4.74 Å². The molecule has 0 aliphatic carbocycles. The van der Waals surface area contributed by atoms with Gasteiger partial charge in [0.05, 0.1) is 7.11 Å². The Morgan fingerprint density at radius 2 is 2.06 bits per heavy atom. The monoisotopic (exact) mass is 247 g/mol. The number of rotatable bonds is 4. The molecule has 2 aromatic carbocycles. The minimum absolute atomic E-state index is 0.104. The zero-order valence-electron chi connectivity index (χ0n) is 9.98. The number of hydrogen-bond acceptors (Lipinski definition) is 3. The van der Waals surface area contributed by atoms with Crippen LogP contribution in [0.5, 0.6) is 11.5 Å². The lowest BCUT2D eigenvalue weighted by Crippen LogP contribution is -2.00. The van der Waals surface area contributed by atoms with E-state index in [1.807, 2.05) is 0 Å². The van der Waals surface area contributed by atoms with Gasteiger partial charge in [0.1, 0.15) is 5.82 Å². The van der Waals surface area contributed by atoms with Gasteiger partial charge >= 0.3 is 0 Å². The molecule has 18 heavy (non-hydrogen) atoms. The molecule has 0 amide bonds. The molecule has 0 atom stereocenters. The average Bonchev–Trinajstić information content (AvgIpc) is 2.38. The number of nitrogens with one attached hydrogen (secondary N) is 1. The summed E-state index contributed by atoms with van der Waals surface area (Å²) in [6, 6.07) is 11.4. The maximum Gasteiger partial charge on any atom is 0.160 e. The van der Waals surface area contributed by atoms with Crippen LogP contribution in [0.4, 0.5) is 10.1 Å². The summed E-state index contributed by atoms with van der Waals surface area (Å²) in [5.41, 5.74) is 1.65. The van der Waals surface area contributed by atoms with Crippen molar-refractivity contribution in [1.82, 2.24) is 0 Å². The molecule has 0 aromatic heterocycles. The van der Waals surface area contributed by atoms with E-state index in [2.05, 4.69) is 5.32 Å². The zero-order valence-corrected chi connectivity index (χ0v) is 9.98. The number of benzene rings is 2. The molecule has 0 unspecified atom stereocenters. The predicted molar refractivity (Wildman–Crippen MR) is 68.4 cm³/mol. The summed E-state index contributed by atoms with van der Waals surface area (Å²) in [4.78, 5) is 0. The minimum Gasteiger partial charge on any atom is -0.504 e. The Morgan fingerprint density at radius 1 is 1.22 bits per heavy atom. The first-order valence-electron chi connectivity index (χ1n) is 5.54. The zero-order chi connectivity index (χ0) is 13.0. The molecule has 4 heteroatoms. The number of halogens is 1. The molecule has 0 spiro atoms. The largest absolute Gasteiger partial charge is 0.504 e. The second kappa shape index (κ2) is 5.40. The summed E-state index contributed by atoms with van der Waals surface area (Å²) in [5, 5.41) is 12.6. The van der Waals surface area contributed by atoms with Crippen molar-refractivity contribution in [3.05, 3.63) is 53.8 Å². The third-order valence-corrected chi connectivity index (χ3v) is 2.57. The van der Waals surface area contributed by atoms with Gasteiger partial charge in [-0.3, -0.25) is 0 Å². The van der Waals surface area contributed by atoms with Gasteiger partial charge in [0.25, 0.3) is 0 Å². The summed E-state index contributed by atoms with van der Waals surface area (Å²) in [6.45, 7) is 0.528. The number of methoxy groups -OCH3 is 1. The van der Waals surface area contributed by atoms with Crippen LogP contribution in [0.3, 0.4) is 0 Å². The number of phenols is 1. The lowest BCUT2D eigenvalue weighted by molar-refractivity contribution is 0.373. The topological polar surface area (TPSA) is 41.5 Å². The highest BCUT2D eigenvalue weighted by Gasteiger charge is 2.02. The number of anilines is 1. The van der Waals surface area contributed by atoms with E-state index >= 15 is 0 Å². The van der Waals surface area contributed by atoms with Crippen molar-refractivity contribution >= 4 is 5.69 Å². The van der Waals surface area contributed by atoms with Gasteiger partial charge in [-0.05, 0) is 35.9 Å². The van der Waals surface area contributed by atoms with Crippen molar-refractivity contribution in [2.75, 3.05) is 12.4 Å². The quantitative estimate of drug-likeness (QED) is 0.872. The minimum atomic E-state index is -0.275. The standard InChI is InChI=1S/C14H14FNO2/c1-18-14-7-10(5-6-13(14)17)9-16-12-4-2-3-11(15)8-12/h2-8,16-17H,9H2,1H3. The van der Waals surface area contributed by atoms with E-state index in [0.29, 0.717) is 18.0 Å². The van der Waals surface area contributed by atoms with Crippen molar-refractivity contribution in [3.8, 4) is 11.5 Å². The molecule has 0 heterocycles. The van der Waals surface area contributed by atoms with Gasteiger partial charge in [-0.25, -0.2) is 4.39 Å². The third-order valence-electron chi connectivity index (χ3n) is 2.57. The molecular weight excluding hydrogens is 233 g/mol. The van der Waals surface area contributed by atoms with E-state index in [-0.39, 0.29) is 11.6 Å². The molecular formula is C14H14FNO2. The van der Waals surface area contributed by atoms with Gasteiger partial charge in [-0.1, -0.05) is 12.1 Å². The summed E-state index contributed by atoms with van der Waals surface area (Å²) < 4.78 is 18.0. The molecule has 94 valence electrons. The van der Waals surface area contributed by atoms with Gasteiger partial charge in [0.15, 0.2) is 11.5 Å². The van der Waals surface area contributed by atoms with E-state index < -0.39 is 0 Å².